The zero-order chi connectivity index (χ0) is 42.4. The molecule has 60 heavy (non-hydrogen) atoms. The predicted molar refractivity (Wildman–Crippen MR) is 231 cm³/mol. The summed E-state index contributed by atoms with van der Waals surface area (Å²) in [6, 6.07) is 22.2. The summed E-state index contributed by atoms with van der Waals surface area (Å²) in [5.41, 5.74) is 2.05. The highest BCUT2D eigenvalue weighted by atomic mass is 19.1. The first kappa shape index (κ1) is 44.4. The minimum Gasteiger partial charge on any atom is -0.344 e. The molecule has 0 radical (unpaired) electrons. The van der Waals surface area contributed by atoms with Crippen LogP contribution in [0.4, 0.5) is 8.78 Å². The van der Waals surface area contributed by atoms with Gasteiger partial charge in [-0.2, -0.15) is 0 Å². The number of nitrogens with zero attached hydrogens (tertiary/aromatic N) is 1. The van der Waals surface area contributed by atoms with Gasteiger partial charge in [-0.25, -0.2) is 8.78 Å². The monoisotopic (exact) mass is 822 g/mol. The third-order valence-electron chi connectivity index (χ3n) is 12.1. The first-order valence-corrected chi connectivity index (χ1v) is 21.7. The van der Waals surface area contributed by atoms with Gasteiger partial charge in [0.15, 0.2) is 0 Å². The first-order chi connectivity index (χ1) is 29.1. The van der Waals surface area contributed by atoms with E-state index in [1.165, 1.54) is 24.3 Å². The number of piperidine rings is 1. The molecule has 5 N–H and O–H groups in total. The molecule has 1 saturated heterocycles. The van der Waals surface area contributed by atoms with Crippen LogP contribution in [0.3, 0.4) is 0 Å². The second kappa shape index (κ2) is 21.9. The molecule has 4 aromatic rings. The van der Waals surface area contributed by atoms with Crippen LogP contribution >= 0.6 is 0 Å². The van der Waals surface area contributed by atoms with Gasteiger partial charge in [-0.3, -0.25) is 19.2 Å². The summed E-state index contributed by atoms with van der Waals surface area (Å²) in [7, 11) is 2.13. The van der Waals surface area contributed by atoms with Crippen LogP contribution in [-0.4, -0.2) is 79.4 Å². The zero-order valence-electron chi connectivity index (χ0n) is 34.9. The molecule has 0 spiro atoms. The van der Waals surface area contributed by atoms with E-state index < -0.39 is 53.5 Å². The van der Waals surface area contributed by atoms with Crippen LogP contribution in [0.25, 0.3) is 10.8 Å². The van der Waals surface area contributed by atoms with E-state index in [9.17, 15) is 28.0 Å². The smallest absolute Gasteiger partial charge is 0.243 e. The third-order valence-corrected chi connectivity index (χ3v) is 12.1. The number of fused-ring (bicyclic) bond motifs is 1. The molecule has 12 heteroatoms. The Bertz CT molecular complexity index is 1990. The van der Waals surface area contributed by atoms with Crippen LogP contribution in [0, 0.1) is 17.6 Å². The second-order valence-electron chi connectivity index (χ2n) is 16.5. The molecule has 2 fully saturated rings. The van der Waals surface area contributed by atoms with Crippen LogP contribution < -0.4 is 26.6 Å². The molecule has 4 aromatic carbocycles. The number of carbonyl (C=O) groups is 4. The van der Waals surface area contributed by atoms with Crippen molar-refractivity contribution in [2.75, 3.05) is 26.7 Å². The van der Waals surface area contributed by atoms with Gasteiger partial charge >= 0.3 is 0 Å². The molecule has 10 nitrogen and oxygen atoms in total. The molecule has 6 rings (SSSR count). The Hall–Kier alpha value is -5.20. The normalized spacial score (nSPS) is 16.6. The predicted octanol–water partition coefficient (Wildman–Crippen LogP) is 6.48. The summed E-state index contributed by atoms with van der Waals surface area (Å²) in [5.74, 6) is -2.70. The molecule has 3 atom stereocenters. The topological polar surface area (TPSA) is 132 Å². The van der Waals surface area contributed by atoms with E-state index in [1.807, 2.05) is 42.5 Å². The Morgan fingerprint density at radius 1 is 0.683 bits per heavy atom. The molecule has 2 aliphatic rings. The van der Waals surface area contributed by atoms with Crippen molar-refractivity contribution in [2.24, 2.45) is 5.92 Å². The minimum absolute atomic E-state index is 0.161. The van der Waals surface area contributed by atoms with E-state index in [4.69, 9.17) is 0 Å². The Morgan fingerprint density at radius 2 is 1.30 bits per heavy atom. The lowest BCUT2D eigenvalue weighted by Crippen LogP contribution is -2.59. The van der Waals surface area contributed by atoms with Crippen LogP contribution in [0.15, 0.2) is 91.0 Å². The molecule has 0 bridgehead atoms. The SMILES string of the molecule is CCC(=O)N[C@@H](Cc1ccc2ccccc2c1)C(=O)N[C@H](C(=O)N[C@@H](CCCCNC1CCN(C)CC1)C(=O)NC(c1ccc(F)cc1)c1ccc(F)cc1)C1CCCC1. The van der Waals surface area contributed by atoms with Crippen molar-refractivity contribution in [3.05, 3.63) is 119 Å². The standard InChI is InChI=1S/C48H60F2N6O4/c1-3-43(57)52-42(31-32-15-16-33-10-4-7-13-37(33)30-32)47(59)55-45(34-11-5-6-12-34)48(60)53-41(14-8-9-27-51-40-25-28-56(2)29-26-40)46(58)54-44(35-17-21-38(49)22-18-35)36-19-23-39(50)24-20-36/h4,7,10,13,15-24,30,34,40-42,44-45,51H,3,5-6,8-9,11-12,14,25-29,31H2,1-2H3,(H,52,57)(H,53,60)(H,54,58)(H,55,59)/t41-,42-,45-/m0/s1. The maximum Gasteiger partial charge on any atom is 0.243 e. The summed E-state index contributed by atoms with van der Waals surface area (Å²) >= 11 is 0. The number of nitrogens with one attached hydrogen (secondary N) is 5. The van der Waals surface area contributed by atoms with Crippen molar-refractivity contribution in [1.82, 2.24) is 31.5 Å². The van der Waals surface area contributed by atoms with Crippen molar-refractivity contribution in [1.29, 1.82) is 0 Å². The summed E-state index contributed by atoms with van der Waals surface area (Å²) in [4.78, 5) is 58.2. The summed E-state index contributed by atoms with van der Waals surface area (Å²) in [6.45, 7) is 4.58. The first-order valence-electron chi connectivity index (χ1n) is 21.7. The number of halogens is 2. The molecule has 320 valence electrons. The average Bonchev–Trinajstić information content (AvgIpc) is 3.80. The van der Waals surface area contributed by atoms with Crippen LogP contribution in [0.5, 0.6) is 0 Å². The summed E-state index contributed by atoms with van der Waals surface area (Å²) < 4.78 is 28.1. The van der Waals surface area contributed by atoms with Gasteiger partial charge < -0.3 is 31.5 Å². The van der Waals surface area contributed by atoms with Crippen LogP contribution in [-0.2, 0) is 25.6 Å². The fourth-order valence-electron chi connectivity index (χ4n) is 8.48. The Balaban J connectivity index is 1.21. The lowest BCUT2D eigenvalue weighted by atomic mass is 9.95. The van der Waals surface area contributed by atoms with E-state index in [0.717, 1.165) is 80.9 Å². The second-order valence-corrected chi connectivity index (χ2v) is 16.5. The van der Waals surface area contributed by atoms with Crippen molar-refractivity contribution in [3.63, 3.8) is 0 Å². The van der Waals surface area contributed by atoms with Gasteiger partial charge in [0.25, 0.3) is 0 Å². The van der Waals surface area contributed by atoms with Gasteiger partial charge in [0, 0.05) is 18.9 Å². The lowest BCUT2D eigenvalue weighted by molar-refractivity contribution is -0.135. The number of likely N-dealkylation sites (tertiary alicyclic amines) is 1. The Kier molecular flexibility index (Phi) is 16.2. The molecule has 1 heterocycles. The minimum atomic E-state index is -0.974. The molecular formula is C48H60F2N6O4. The lowest BCUT2D eigenvalue weighted by Gasteiger charge is -2.30. The molecular weight excluding hydrogens is 763 g/mol. The van der Waals surface area contributed by atoms with Crippen molar-refractivity contribution >= 4 is 34.4 Å². The van der Waals surface area contributed by atoms with Gasteiger partial charge in [-0.15, -0.1) is 0 Å². The van der Waals surface area contributed by atoms with Gasteiger partial charge in [-0.1, -0.05) is 86.5 Å². The van der Waals surface area contributed by atoms with Gasteiger partial charge in [0.1, 0.15) is 29.8 Å². The van der Waals surface area contributed by atoms with E-state index in [2.05, 4.69) is 38.5 Å². The Labute approximate surface area is 352 Å². The highest BCUT2D eigenvalue weighted by Crippen LogP contribution is 2.29. The van der Waals surface area contributed by atoms with E-state index in [0.29, 0.717) is 30.0 Å². The number of carbonyl (C=O) groups excluding carboxylic acids is 4. The maximum absolute atomic E-state index is 14.5. The van der Waals surface area contributed by atoms with E-state index in [1.54, 1.807) is 31.2 Å². The van der Waals surface area contributed by atoms with Gasteiger partial charge in [0.2, 0.25) is 23.6 Å². The highest BCUT2D eigenvalue weighted by Gasteiger charge is 2.36. The van der Waals surface area contributed by atoms with E-state index >= 15 is 0 Å². The number of benzene rings is 4. The van der Waals surface area contributed by atoms with Gasteiger partial charge in [0.05, 0.1) is 6.04 Å². The summed E-state index contributed by atoms with van der Waals surface area (Å²) in [5, 5.41) is 17.7. The van der Waals surface area contributed by atoms with Crippen LogP contribution in [0.2, 0.25) is 0 Å². The zero-order valence-corrected chi connectivity index (χ0v) is 34.9. The van der Waals surface area contributed by atoms with Crippen molar-refractivity contribution < 1.29 is 28.0 Å². The summed E-state index contributed by atoms with van der Waals surface area (Å²) in [6.07, 6.45) is 7.57. The molecule has 1 saturated carbocycles. The number of unbranched alkanes of at least 4 members (excludes halogenated alkanes) is 1. The Morgan fingerprint density at radius 3 is 1.93 bits per heavy atom. The average molecular weight is 823 g/mol. The molecule has 1 aliphatic heterocycles. The molecule has 1 aliphatic carbocycles. The maximum atomic E-state index is 14.5. The fourth-order valence-corrected chi connectivity index (χ4v) is 8.48. The van der Waals surface area contributed by atoms with Crippen molar-refractivity contribution in [2.45, 2.75) is 108 Å². The van der Waals surface area contributed by atoms with Crippen molar-refractivity contribution in [3.8, 4) is 0 Å². The molecule has 4 amide bonds. The number of hydrogen-bond acceptors (Lipinski definition) is 6. The number of hydrogen-bond donors (Lipinski definition) is 5. The van der Waals surface area contributed by atoms with Gasteiger partial charge in [-0.05, 0) is 129 Å². The van der Waals surface area contributed by atoms with E-state index in [-0.39, 0.29) is 24.7 Å². The molecule has 0 aromatic heterocycles. The third kappa shape index (κ3) is 12.7. The fraction of sp³-hybridized carbons (Fsp3) is 0.458. The molecule has 0 unspecified atom stereocenters. The largest absolute Gasteiger partial charge is 0.344 e. The van der Waals surface area contributed by atoms with Crippen LogP contribution in [0.1, 0.15) is 93.9 Å². The quantitative estimate of drug-likeness (QED) is 0.0690. The number of rotatable bonds is 19. The number of amides is 4. The highest BCUT2D eigenvalue weighted by molar-refractivity contribution is 5.95.